The second-order valence-corrected chi connectivity index (χ2v) is 3.94. The van der Waals surface area contributed by atoms with Crippen molar-refractivity contribution in [1.29, 1.82) is 0 Å². The fourth-order valence-corrected chi connectivity index (χ4v) is 1.56. The first-order valence-electron chi connectivity index (χ1n) is 4.13. The molecule has 0 saturated carbocycles. The molecule has 4 nitrogen and oxygen atoms in total. The fourth-order valence-electron chi connectivity index (χ4n) is 1.15. The Balaban J connectivity index is 2.94. The van der Waals surface area contributed by atoms with Crippen LogP contribution in [0.3, 0.4) is 0 Å². The van der Waals surface area contributed by atoms with Crippen LogP contribution < -0.4 is 0 Å². The minimum atomic E-state index is -0.369. The van der Waals surface area contributed by atoms with Crippen LogP contribution in [0.4, 0.5) is 0 Å². The summed E-state index contributed by atoms with van der Waals surface area (Å²) < 4.78 is 0. The zero-order chi connectivity index (χ0) is 10.4. The highest BCUT2D eigenvalue weighted by molar-refractivity contribution is 9.09. The lowest BCUT2D eigenvalue weighted by Gasteiger charge is -2.15. The summed E-state index contributed by atoms with van der Waals surface area (Å²) in [7, 11) is 0. The lowest BCUT2D eigenvalue weighted by atomic mass is 10.1. The van der Waals surface area contributed by atoms with Gasteiger partial charge in [-0.2, -0.15) is 0 Å². The number of aliphatic hydroxyl groups excluding tert-OH is 1. The lowest BCUT2D eigenvalue weighted by molar-refractivity contribution is 0.285. The molecule has 5 heteroatoms. The van der Waals surface area contributed by atoms with Gasteiger partial charge in [0.1, 0.15) is 0 Å². The summed E-state index contributed by atoms with van der Waals surface area (Å²) in [5.74, 6) is 0. The molecule has 2 atom stereocenters. The van der Waals surface area contributed by atoms with Gasteiger partial charge in [0.15, 0.2) is 0 Å². The number of hydrogen-bond donors (Lipinski definition) is 1. The van der Waals surface area contributed by atoms with Crippen molar-refractivity contribution in [3.63, 3.8) is 0 Å². The quantitative estimate of drug-likeness (QED) is 0.382. The molecule has 0 heterocycles. The van der Waals surface area contributed by atoms with Gasteiger partial charge < -0.3 is 5.11 Å². The topological polar surface area (TPSA) is 69.0 Å². The summed E-state index contributed by atoms with van der Waals surface area (Å²) in [5.41, 5.74) is 9.29. The van der Waals surface area contributed by atoms with Crippen LogP contribution in [0.25, 0.3) is 10.4 Å². The number of hydrogen-bond acceptors (Lipinski definition) is 2. The largest absolute Gasteiger partial charge is 0.395 e. The third kappa shape index (κ3) is 2.73. The van der Waals surface area contributed by atoms with Crippen molar-refractivity contribution >= 4 is 15.9 Å². The van der Waals surface area contributed by atoms with Gasteiger partial charge in [0.2, 0.25) is 0 Å². The molecule has 0 amide bonds. The van der Waals surface area contributed by atoms with E-state index >= 15 is 0 Å². The Morgan fingerprint density at radius 1 is 1.43 bits per heavy atom. The summed E-state index contributed by atoms with van der Waals surface area (Å²) in [4.78, 5) is 2.52. The summed E-state index contributed by atoms with van der Waals surface area (Å²) in [6, 6.07) is 8.98. The number of benzene rings is 1. The van der Waals surface area contributed by atoms with E-state index in [-0.39, 0.29) is 17.5 Å². The van der Waals surface area contributed by atoms with Crippen LogP contribution in [0.2, 0.25) is 0 Å². The maximum atomic E-state index is 8.96. The second kappa shape index (κ2) is 5.65. The predicted molar refractivity (Wildman–Crippen MR) is 58.1 cm³/mol. The molecule has 1 aromatic rings. The SMILES string of the molecule is [N-]=[N+]=N[C@H](c1ccccc1)[C@@H](Br)CO. The first-order valence-corrected chi connectivity index (χ1v) is 5.05. The minimum absolute atomic E-state index is 0.0709. The molecule has 1 N–H and O–H groups in total. The van der Waals surface area contributed by atoms with E-state index in [1.54, 1.807) is 0 Å². The summed E-state index contributed by atoms with van der Waals surface area (Å²) in [6.45, 7) is -0.0709. The van der Waals surface area contributed by atoms with Crippen molar-refractivity contribution in [3.05, 3.63) is 46.3 Å². The Labute approximate surface area is 90.3 Å². The number of halogens is 1. The molecule has 0 aliphatic carbocycles. The third-order valence-corrected chi connectivity index (χ3v) is 2.62. The van der Waals surface area contributed by atoms with Crippen molar-refractivity contribution in [3.8, 4) is 0 Å². The van der Waals surface area contributed by atoms with Gasteiger partial charge in [-0.15, -0.1) is 0 Å². The van der Waals surface area contributed by atoms with Crippen LogP contribution in [0.1, 0.15) is 11.6 Å². The molecule has 0 radical (unpaired) electrons. The number of azide groups is 1. The highest BCUT2D eigenvalue weighted by Gasteiger charge is 2.18. The molecule has 74 valence electrons. The van der Waals surface area contributed by atoms with Crippen molar-refractivity contribution in [2.75, 3.05) is 6.61 Å². The van der Waals surface area contributed by atoms with Gasteiger partial charge in [0, 0.05) is 4.91 Å². The third-order valence-electron chi connectivity index (χ3n) is 1.83. The van der Waals surface area contributed by atoms with Crippen LogP contribution in [-0.2, 0) is 0 Å². The highest BCUT2D eigenvalue weighted by atomic mass is 79.9. The molecule has 14 heavy (non-hydrogen) atoms. The van der Waals surface area contributed by atoms with Crippen molar-refractivity contribution in [2.24, 2.45) is 5.11 Å². The van der Waals surface area contributed by atoms with E-state index in [2.05, 4.69) is 26.0 Å². The van der Waals surface area contributed by atoms with E-state index in [0.717, 1.165) is 5.56 Å². The standard InChI is InChI=1S/C9H10BrN3O/c10-8(6-14)9(12-13-11)7-4-2-1-3-5-7/h1-5,8-9,14H,6H2/t8-,9+/m0/s1. The predicted octanol–water partition coefficient (Wildman–Crippen LogP) is 2.79. The summed E-state index contributed by atoms with van der Waals surface area (Å²) in [5, 5.41) is 12.6. The average Bonchev–Trinajstić information content (AvgIpc) is 2.26. The zero-order valence-corrected chi connectivity index (χ0v) is 9.00. The zero-order valence-electron chi connectivity index (χ0n) is 7.42. The van der Waals surface area contributed by atoms with Crippen molar-refractivity contribution in [2.45, 2.75) is 10.9 Å². The first kappa shape index (κ1) is 11.0. The van der Waals surface area contributed by atoms with E-state index in [1.807, 2.05) is 30.3 Å². The molecule has 1 aromatic carbocycles. The van der Waals surface area contributed by atoms with Crippen LogP contribution >= 0.6 is 15.9 Å². The normalized spacial score (nSPS) is 14.1. The second-order valence-electron chi connectivity index (χ2n) is 2.76. The fraction of sp³-hybridized carbons (Fsp3) is 0.333. The Morgan fingerprint density at radius 2 is 2.07 bits per heavy atom. The molecule has 0 unspecified atom stereocenters. The number of alkyl halides is 1. The Hall–Kier alpha value is -1.03. The monoisotopic (exact) mass is 255 g/mol. The van der Waals surface area contributed by atoms with E-state index in [0.29, 0.717) is 0 Å². The lowest BCUT2D eigenvalue weighted by Crippen LogP contribution is -2.13. The number of aliphatic hydroxyl groups is 1. The smallest absolute Gasteiger partial charge is 0.0772 e. The van der Waals surface area contributed by atoms with E-state index < -0.39 is 0 Å². The maximum absolute atomic E-state index is 8.96. The number of rotatable bonds is 4. The Kier molecular flexibility index (Phi) is 4.46. The van der Waals surface area contributed by atoms with Gasteiger partial charge in [-0.3, -0.25) is 0 Å². The first-order chi connectivity index (χ1) is 6.79. The van der Waals surface area contributed by atoms with E-state index in [4.69, 9.17) is 10.6 Å². The summed E-state index contributed by atoms with van der Waals surface area (Å²) >= 11 is 3.27. The molecule has 0 fully saturated rings. The maximum Gasteiger partial charge on any atom is 0.0772 e. The molecular weight excluding hydrogens is 246 g/mol. The van der Waals surface area contributed by atoms with Crippen LogP contribution in [0, 0.1) is 0 Å². The average molecular weight is 256 g/mol. The van der Waals surface area contributed by atoms with Gasteiger partial charge in [-0.05, 0) is 11.1 Å². The Bertz CT molecular complexity index is 324. The van der Waals surface area contributed by atoms with E-state index in [1.165, 1.54) is 0 Å². The molecule has 0 aliphatic heterocycles. The van der Waals surface area contributed by atoms with Crippen molar-refractivity contribution in [1.82, 2.24) is 0 Å². The van der Waals surface area contributed by atoms with Crippen molar-refractivity contribution < 1.29 is 5.11 Å². The van der Waals surface area contributed by atoms with E-state index in [9.17, 15) is 0 Å². The molecule has 1 rings (SSSR count). The van der Waals surface area contributed by atoms with Gasteiger partial charge >= 0.3 is 0 Å². The number of nitrogens with zero attached hydrogens (tertiary/aromatic N) is 3. The van der Waals surface area contributed by atoms with Crippen LogP contribution in [0.5, 0.6) is 0 Å². The minimum Gasteiger partial charge on any atom is -0.395 e. The molecule has 0 spiro atoms. The molecular formula is C9H10BrN3O. The molecule has 0 saturated heterocycles. The molecule has 0 aromatic heterocycles. The highest BCUT2D eigenvalue weighted by Crippen LogP contribution is 2.26. The van der Waals surface area contributed by atoms with Gasteiger partial charge in [0.05, 0.1) is 17.5 Å². The van der Waals surface area contributed by atoms with Crippen LogP contribution in [-0.4, -0.2) is 16.5 Å². The van der Waals surface area contributed by atoms with Gasteiger partial charge in [-0.25, -0.2) is 0 Å². The Morgan fingerprint density at radius 3 is 2.57 bits per heavy atom. The molecule has 0 bridgehead atoms. The van der Waals surface area contributed by atoms with Crippen LogP contribution in [0.15, 0.2) is 35.4 Å². The van der Waals surface area contributed by atoms with Gasteiger partial charge in [-0.1, -0.05) is 51.4 Å². The molecule has 0 aliphatic rings. The van der Waals surface area contributed by atoms with Gasteiger partial charge in [0.25, 0.3) is 0 Å². The summed E-state index contributed by atoms with van der Waals surface area (Å²) in [6.07, 6.45) is 0.